The maximum atomic E-state index is 11.8. The summed E-state index contributed by atoms with van der Waals surface area (Å²) in [6, 6.07) is 4.97. The van der Waals surface area contributed by atoms with E-state index in [4.69, 9.17) is 15.6 Å². The Morgan fingerprint density at radius 1 is 1.39 bits per heavy atom. The second-order valence-corrected chi connectivity index (χ2v) is 3.91. The molecular weight excluding hydrogens is 232 g/mol. The number of aliphatic hydroxyl groups excluding tert-OH is 1. The molecule has 0 heterocycles. The Hall–Kier alpha value is -1.75. The number of nitrogens with two attached hydrogens (primary N) is 1. The Labute approximate surface area is 107 Å². The largest absolute Gasteiger partial charge is 0.494 e. The first-order valence-electron chi connectivity index (χ1n) is 6.09. The van der Waals surface area contributed by atoms with Gasteiger partial charge in [-0.3, -0.25) is 4.79 Å². The Kier molecular flexibility index (Phi) is 6.00. The van der Waals surface area contributed by atoms with Crippen molar-refractivity contribution in [2.45, 2.75) is 19.8 Å². The van der Waals surface area contributed by atoms with Crippen LogP contribution in [0.3, 0.4) is 0 Å². The highest BCUT2D eigenvalue weighted by Crippen LogP contribution is 2.18. The van der Waals surface area contributed by atoms with Crippen molar-refractivity contribution in [1.29, 1.82) is 0 Å². The molecular formula is C13H20N2O3. The van der Waals surface area contributed by atoms with Gasteiger partial charge in [0.2, 0.25) is 0 Å². The lowest BCUT2D eigenvalue weighted by atomic mass is 10.1. The second-order valence-electron chi connectivity index (χ2n) is 3.91. The first kappa shape index (κ1) is 14.3. The number of rotatable bonds is 7. The van der Waals surface area contributed by atoms with Crippen molar-refractivity contribution < 1.29 is 14.6 Å². The molecule has 4 N–H and O–H groups in total. The maximum Gasteiger partial charge on any atom is 0.251 e. The monoisotopic (exact) mass is 252 g/mol. The number of hydrogen-bond acceptors (Lipinski definition) is 4. The van der Waals surface area contributed by atoms with Crippen LogP contribution in [0.15, 0.2) is 18.2 Å². The molecule has 5 nitrogen and oxygen atoms in total. The lowest BCUT2D eigenvalue weighted by Gasteiger charge is -2.08. The summed E-state index contributed by atoms with van der Waals surface area (Å²) < 4.78 is 5.33. The Morgan fingerprint density at radius 2 is 2.17 bits per heavy atom. The fourth-order valence-corrected chi connectivity index (χ4v) is 1.54. The molecule has 0 unspecified atom stereocenters. The van der Waals surface area contributed by atoms with Crippen LogP contribution in [0.4, 0.5) is 5.69 Å². The minimum Gasteiger partial charge on any atom is -0.494 e. The smallest absolute Gasteiger partial charge is 0.251 e. The lowest BCUT2D eigenvalue weighted by molar-refractivity contribution is 0.0951. The second kappa shape index (κ2) is 7.55. The third-order valence-corrected chi connectivity index (χ3v) is 2.37. The van der Waals surface area contributed by atoms with Gasteiger partial charge >= 0.3 is 0 Å². The minimum absolute atomic E-state index is 0.142. The van der Waals surface area contributed by atoms with Gasteiger partial charge in [0.25, 0.3) is 5.91 Å². The molecule has 1 rings (SSSR count). The van der Waals surface area contributed by atoms with Crippen LogP contribution >= 0.6 is 0 Å². The molecule has 1 aromatic rings. The van der Waals surface area contributed by atoms with E-state index in [1.807, 2.05) is 6.92 Å². The van der Waals surface area contributed by atoms with Crippen molar-refractivity contribution in [2.24, 2.45) is 0 Å². The Balaban J connectivity index is 2.61. The predicted molar refractivity (Wildman–Crippen MR) is 70.7 cm³/mol. The molecule has 0 saturated carbocycles. The van der Waals surface area contributed by atoms with Crippen LogP contribution in [0.1, 0.15) is 30.1 Å². The highest BCUT2D eigenvalue weighted by atomic mass is 16.5. The van der Waals surface area contributed by atoms with Crippen LogP contribution in [0.5, 0.6) is 5.75 Å². The average molecular weight is 252 g/mol. The number of carbonyl (C=O) groups is 1. The van der Waals surface area contributed by atoms with Gasteiger partial charge in [-0.2, -0.15) is 0 Å². The zero-order valence-corrected chi connectivity index (χ0v) is 10.6. The number of benzene rings is 1. The molecule has 18 heavy (non-hydrogen) atoms. The van der Waals surface area contributed by atoms with E-state index in [-0.39, 0.29) is 12.5 Å². The van der Waals surface area contributed by atoms with Gasteiger partial charge < -0.3 is 20.9 Å². The van der Waals surface area contributed by atoms with E-state index in [0.717, 1.165) is 6.42 Å². The van der Waals surface area contributed by atoms with Crippen LogP contribution in [-0.2, 0) is 0 Å². The van der Waals surface area contributed by atoms with E-state index in [0.29, 0.717) is 36.6 Å². The maximum absolute atomic E-state index is 11.8. The molecule has 100 valence electrons. The third kappa shape index (κ3) is 4.63. The van der Waals surface area contributed by atoms with Gasteiger partial charge in [-0.15, -0.1) is 0 Å². The van der Waals surface area contributed by atoms with Crippen molar-refractivity contribution in [2.75, 3.05) is 25.5 Å². The van der Waals surface area contributed by atoms with Crippen LogP contribution in [-0.4, -0.2) is 30.8 Å². The molecule has 0 bridgehead atoms. The lowest BCUT2D eigenvalue weighted by Crippen LogP contribution is -2.24. The summed E-state index contributed by atoms with van der Waals surface area (Å²) in [5.41, 5.74) is 6.70. The van der Waals surface area contributed by atoms with E-state index >= 15 is 0 Å². The molecule has 1 amide bonds. The summed E-state index contributed by atoms with van der Waals surface area (Å²) in [5, 5.41) is 11.4. The van der Waals surface area contributed by atoms with Crippen molar-refractivity contribution in [3.8, 4) is 5.75 Å². The van der Waals surface area contributed by atoms with E-state index in [1.165, 1.54) is 0 Å². The van der Waals surface area contributed by atoms with Gasteiger partial charge in [-0.25, -0.2) is 0 Å². The topological polar surface area (TPSA) is 84.6 Å². The zero-order chi connectivity index (χ0) is 13.4. The number of amides is 1. The summed E-state index contributed by atoms with van der Waals surface area (Å²) in [7, 11) is 0. The fraction of sp³-hybridized carbons (Fsp3) is 0.462. The van der Waals surface area contributed by atoms with E-state index in [1.54, 1.807) is 18.2 Å². The van der Waals surface area contributed by atoms with E-state index in [2.05, 4.69) is 5.32 Å². The number of ether oxygens (including phenoxy) is 1. The van der Waals surface area contributed by atoms with Gasteiger partial charge in [0.15, 0.2) is 0 Å². The number of nitrogen functional groups attached to an aromatic ring is 1. The average Bonchev–Trinajstić information content (AvgIpc) is 2.34. The zero-order valence-electron chi connectivity index (χ0n) is 10.6. The van der Waals surface area contributed by atoms with Crippen LogP contribution in [0.25, 0.3) is 0 Å². The molecule has 0 atom stereocenters. The molecule has 0 aromatic heterocycles. The van der Waals surface area contributed by atoms with Crippen LogP contribution in [0.2, 0.25) is 0 Å². The van der Waals surface area contributed by atoms with Crippen LogP contribution < -0.4 is 15.8 Å². The molecule has 0 fully saturated rings. The Morgan fingerprint density at radius 3 is 2.83 bits per heavy atom. The molecule has 0 radical (unpaired) electrons. The van der Waals surface area contributed by atoms with Crippen molar-refractivity contribution >= 4 is 11.6 Å². The highest BCUT2D eigenvalue weighted by molar-refractivity contribution is 5.95. The first-order valence-corrected chi connectivity index (χ1v) is 6.09. The molecule has 0 aliphatic rings. The Bertz CT molecular complexity index is 394. The molecule has 0 aliphatic heterocycles. The predicted octanol–water partition coefficient (Wildman–Crippen LogP) is 1.17. The summed E-state index contributed by atoms with van der Waals surface area (Å²) in [5.74, 6) is 0.416. The molecule has 0 saturated heterocycles. The highest BCUT2D eigenvalue weighted by Gasteiger charge is 2.07. The van der Waals surface area contributed by atoms with Gasteiger partial charge in [-0.05, 0) is 31.9 Å². The standard InChI is InChI=1S/C13H20N2O3/c1-2-18-12-8-10(7-11(14)9-12)13(17)15-5-3-4-6-16/h7-9,16H,2-6,14H2,1H3,(H,15,17). The quantitative estimate of drug-likeness (QED) is 0.502. The number of hydrogen-bond donors (Lipinski definition) is 3. The van der Waals surface area contributed by atoms with Gasteiger partial charge in [-0.1, -0.05) is 0 Å². The summed E-state index contributed by atoms with van der Waals surface area (Å²) in [6.45, 7) is 3.08. The van der Waals surface area contributed by atoms with Crippen molar-refractivity contribution in [1.82, 2.24) is 5.32 Å². The van der Waals surface area contributed by atoms with Crippen molar-refractivity contribution in [3.63, 3.8) is 0 Å². The van der Waals surface area contributed by atoms with Gasteiger partial charge in [0, 0.05) is 30.5 Å². The minimum atomic E-state index is -0.179. The van der Waals surface area contributed by atoms with Crippen molar-refractivity contribution in [3.05, 3.63) is 23.8 Å². The van der Waals surface area contributed by atoms with Gasteiger partial charge in [0.1, 0.15) is 5.75 Å². The van der Waals surface area contributed by atoms with Crippen LogP contribution in [0, 0.1) is 0 Å². The van der Waals surface area contributed by atoms with E-state index in [9.17, 15) is 4.79 Å². The molecule has 0 spiro atoms. The number of unbranched alkanes of at least 4 members (excludes halogenated alkanes) is 1. The number of carbonyl (C=O) groups excluding carboxylic acids is 1. The van der Waals surface area contributed by atoms with Gasteiger partial charge in [0.05, 0.1) is 6.61 Å². The summed E-state index contributed by atoms with van der Waals surface area (Å²) >= 11 is 0. The first-order chi connectivity index (χ1) is 8.67. The number of nitrogens with one attached hydrogen (secondary N) is 1. The number of aliphatic hydroxyl groups is 1. The molecule has 0 aliphatic carbocycles. The normalized spacial score (nSPS) is 10.1. The summed E-state index contributed by atoms with van der Waals surface area (Å²) in [4.78, 5) is 11.8. The van der Waals surface area contributed by atoms with E-state index < -0.39 is 0 Å². The molecule has 5 heteroatoms. The molecule has 1 aromatic carbocycles. The number of anilines is 1. The SMILES string of the molecule is CCOc1cc(N)cc(C(=O)NCCCCO)c1. The fourth-order valence-electron chi connectivity index (χ4n) is 1.54. The summed E-state index contributed by atoms with van der Waals surface area (Å²) in [6.07, 6.45) is 1.43. The third-order valence-electron chi connectivity index (χ3n) is 2.37.